The van der Waals surface area contributed by atoms with Crippen molar-refractivity contribution >= 4 is 17.2 Å². The molecule has 2 heterocycles. The lowest BCUT2D eigenvalue weighted by Gasteiger charge is -2.13. The number of aromatic amines is 1. The summed E-state index contributed by atoms with van der Waals surface area (Å²) in [4.78, 5) is 28.8. The number of rotatable bonds is 3. The van der Waals surface area contributed by atoms with Gasteiger partial charge in [-0.1, -0.05) is 6.07 Å². The first-order valence-corrected chi connectivity index (χ1v) is 7.70. The molecule has 2 aromatic heterocycles. The Morgan fingerprint density at radius 1 is 1.27 bits per heavy atom. The fraction of sp³-hybridized carbons (Fsp3) is 0.235. The van der Waals surface area contributed by atoms with Crippen molar-refractivity contribution in [1.29, 1.82) is 0 Å². The number of benzene rings is 1. The number of anilines is 1. The minimum atomic E-state index is -4.51. The Morgan fingerprint density at radius 2 is 2.00 bits per heavy atom. The van der Waals surface area contributed by atoms with E-state index in [-0.39, 0.29) is 23.2 Å². The van der Waals surface area contributed by atoms with Gasteiger partial charge in [0.15, 0.2) is 5.65 Å². The van der Waals surface area contributed by atoms with Crippen molar-refractivity contribution < 1.29 is 18.0 Å². The Kier molecular flexibility index (Phi) is 4.31. The van der Waals surface area contributed by atoms with Gasteiger partial charge in [0.1, 0.15) is 0 Å². The van der Waals surface area contributed by atoms with Gasteiger partial charge < -0.3 is 5.32 Å². The number of hydrogen-bond acceptors (Lipinski definition) is 3. The second-order valence-corrected chi connectivity index (χ2v) is 5.89. The van der Waals surface area contributed by atoms with Crippen LogP contribution in [0.25, 0.3) is 5.65 Å². The van der Waals surface area contributed by atoms with Crippen LogP contribution in [0.5, 0.6) is 0 Å². The topological polar surface area (TPSA) is 79.3 Å². The van der Waals surface area contributed by atoms with Crippen molar-refractivity contribution in [1.82, 2.24) is 14.6 Å². The molecular weight excluding hydrogens is 349 g/mol. The number of aromatic nitrogens is 3. The molecule has 3 aromatic rings. The highest BCUT2D eigenvalue weighted by molar-refractivity contribution is 5.92. The van der Waals surface area contributed by atoms with Gasteiger partial charge in [-0.2, -0.15) is 13.2 Å². The predicted octanol–water partition coefficient (Wildman–Crippen LogP) is 2.84. The van der Waals surface area contributed by atoms with Crippen molar-refractivity contribution in [3.8, 4) is 0 Å². The number of carbonyl (C=O) groups is 1. The summed E-state index contributed by atoms with van der Waals surface area (Å²) in [6.07, 6.45) is -3.27. The first kappa shape index (κ1) is 17.7. The third kappa shape index (κ3) is 3.32. The molecule has 1 aromatic carbocycles. The number of amides is 1. The van der Waals surface area contributed by atoms with E-state index in [1.54, 1.807) is 13.0 Å². The fourth-order valence-corrected chi connectivity index (χ4v) is 2.68. The minimum absolute atomic E-state index is 0.0135. The Balaban J connectivity index is 1.85. The molecular formula is C17H15F3N4O2. The third-order valence-electron chi connectivity index (χ3n) is 4.01. The zero-order chi connectivity index (χ0) is 19.1. The van der Waals surface area contributed by atoms with E-state index in [2.05, 4.69) is 15.4 Å². The minimum Gasteiger partial charge on any atom is -0.326 e. The summed E-state index contributed by atoms with van der Waals surface area (Å²) in [5, 5.41) is 5.10. The summed E-state index contributed by atoms with van der Waals surface area (Å²) in [6.45, 7) is 2.95. The average molecular weight is 364 g/mol. The summed E-state index contributed by atoms with van der Waals surface area (Å²) >= 11 is 0. The standard InChI is InChI=1S/C17H15F3N4O2/c1-9-3-4-11(7-13(9)17(18,19)20)23-15(25)8-12-10(2)22-14-5-6-21-24(14)16(12)26/h3-7,21H,8H2,1-2H3,(H,23,25). The Morgan fingerprint density at radius 3 is 2.69 bits per heavy atom. The number of halogens is 3. The summed E-state index contributed by atoms with van der Waals surface area (Å²) < 4.78 is 40.1. The highest BCUT2D eigenvalue weighted by Gasteiger charge is 2.32. The Labute approximate surface area is 145 Å². The lowest BCUT2D eigenvalue weighted by atomic mass is 10.1. The molecule has 3 rings (SSSR count). The number of fused-ring (bicyclic) bond motifs is 1. The maximum Gasteiger partial charge on any atom is 0.416 e. The molecule has 0 saturated heterocycles. The van der Waals surface area contributed by atoms with Crippen molar-refractivity contribution in [3.05, 3.63) is 63.2 Å². The Bertz CT molecular complexity index is 1050. The van der Waals surface area contributed by atoms with E-state index in [9.17, 15) is 22.8 Å². The van der Waals surface area contributed by atoms with E-state index in [0.29, 0.717) is 11.3 Å². The Hall–Kier alpha value is -3.10. The molecule has 2 N–H and O–H groups in total. The molecule has 0 aliphatic rings. The average Bonchev–Trinajstić information content (AvgIpc) is 3.00. The largest absolute Gasteiger partial charge is 0.416 e. The molecule has 0 unspecified atom stereocenters. The molecule has 0 radical (unpaired) electrons. The van der Waals surface area contributed by atoms with Gasteiger partial charge in [-0.3, -0.25) is 14.7 Å². The summed E-state index contributed by atoms with van der Waals surface area (Å²) in [7, 11) is 0. The second kappa shape index (κ2) is 6.32. The van der Waals surface area contributed by atoms with E-state index >= 15 is 0 Å². The molecule has 0 aliphatic carbocycles. The van der Waals surface area contributed by atoms with E-state index in [0.717, 1.165) is 6.07 Å². The summed E-state index contributed by atoms with van der Waals surface area (Å²) in [6, 6.07) is 5.16. The lowest BCUT2D eigenvalue weighted by molar-refractivity contribution is -0.138. The first-order valence-electron chi connectivity index (χ1n) is 7.70. The van der Waals surface area contributed by atoms with Crippen molar-refractivity contribution in [2.75, 3.05) is 5.32 Å². The fourth-order valence-electron chi connectivity index (χ4n) is 2.68. The molecule has 0 saturated carbocycles. The van der Waals surface area contributed by atoms with Gasteiger partial charge in [-0.25, -0.2) is 9.50 Å². The summed E-state index contributed by atoms with van der Waals surface area (Å²) in [5.41, 5.74) is -0.181. The highest BCUT2D eigenvalue weighted by Crippen LogP contribution is 2.33. The van der Waals surface area contributed by atoms with Crippen LogP contribution < -0.4 is 10.9 Å². The molecule has 0 fully saturated rings. The molecule has 9 heteroatoms. The number of H-pyrrole nitrogens is 1. The quantitative estimate of drug-likeness (QED) is 0.750. The van der Waals surface area contributed by atoms with Crippen LogP contribution in [-0.4, -0.2) is 20.5 Å². The van der Waals surface area contributed by atoms with Crippen LogP contribution in [0.2, 0.25) is 0 Å². The zero-order valence-electron chi connectivity index (χ0n) is 13.9. The maximum absolute atomic E-state index is 13.0. The van der Waals surface area contributed by atoms with Gasteiger partial charge in [0, 0.05) is 29.2 Å². The molecule has 0 atom stereocenters. The van der Waals surface area contributed by atoms with E-state index in [1.807, 2.05) is 0 Å². The monoisotopic (exact) mass is 364 g/mol. The SMILES string of the molecule is Cc1ccc(NC(=O)Cc2c(C)nc3cc[nH]n3c2=O)cc1C(F)(F)F. The molecule has 1 amide bonds. The van der Waals surface area contributed by atoms with Crippen LogP contribution in [-0.2, 0) is 17.4 Å². The number of alkyl halides is 3. The van der Waals surface area contributed by atoms with Gasteiger partial charge in [0.05, 0.1) is 12.0 Å². The smallest absolute Gasteiger partial charge is 0.326 e. The van der Waals surface area contributed by atoms with E-state index < -0.39 is 23.2 Å². The normalized spacial score (nSPS) is 11.7. The molecule has 0 spiro atoms. The van der Waals surface area contributed by atoms with Crippen molar-refractivity contribution in [2.45, 2.75) is 26.4 Å². The van der Waals surface area contributed by atoms with Crippen LogP contribution in [0.1, 0.15) is 22.4 Å². The van der Waals surface area contributed by atoms with Gasteiger partial charge in [0.2, 0.25) is 5.91 Å². The van der Waals surface area contributed by atoms with Gasteiger partial charge in [0.25, 0.3) is 5.56 Å². The van der Waals surface area contributed by atoms with E-state index in [4.69, 9.17) is 0 Å². The first-order chi connectivity index (χ1) is 12.2. The van der Waals surface area contributed by atoms with Crippen LogP contribution in [0.3, 0.4) is 0 Å². The van der Waals surface area contributed by atoms with Gasteiger partial charge >= 0.3 is 6.18 Å². The number of aryl methyl sites for hydroxylation is 2. The van der Waals surface area contributed by atoms with Crippen LogP contribution in [0.4, 0.5) is 18.9 Å². The van der Waals surface area contributed by atoms with Gasteiger partial charge in [-0.15, -0.1) is 0 Å². The van der Waals surface area contributed by atoms with Crippen molar-refractivity contribution in [2.24, 2.45) is 0 Å². The summed E-state index contributed by atoms with van der Waals surface area (Å²) in [5.74, 6) is -0.601. The maximum atomic E-state index is 13.0. The molecule has 0 aliphatic heterocycles. The van der Waals surface area contributed by atoms with Crippen LogP contribution in [0.15, 0.2) is 35.3 Å². The number of nitrogens with zero attached hydrogens (tertiary/aromatic N) is 2. The molecule has 6 nitrogen and oxygen atoms in total. The third-order valence-corrected chi connectivity index (χ3v) is 4.01. The van der Waals surface area contributed by atoms with Crippen molar-refractivity contribution in [3.63, 3.8) is 0 Å². The van der Waals surface area contributed by atoms with Crippen LogP contribution in [0, 0.1) is 13.8 Å². The zero-order valence-corrected chi connectivity index (χ0v) is 13.9. The second-order valence-electron chi connectivity index (χ2n) is 5.89. The lowest BCUT2D eigenvalue weighted by Crippen LogP contribution is -2.26. The predicted molar refractivity (Wildman–Crippen MR) is 89.1 cm³/mol. The van der Waals surface area contributed by atoms with Gasteiger partial charge in [-0.05, 0) is 31.5 Å². The molecule has 136 valence electrons. The highest BCUT2D eigenvalue weighted by atomic mass is 19.4. The van der Waals surface area contributed by atoms with E-state index in [1.165, 1.54) is 29.8 Å². The number of nitrogens with one attached hydrogen (secondary N) is 2. The molecule has 0 bridgehead atoms. The number of carbonyl (C=O) groups excluding carboxylic acids is 1. The molecule has 26 heavy (non-hydrogen) atoms. The van der Waals surface area contributed by atoms with Crippen LogP contribution >= 0.6 is 0 Å². The number of hydrogen-bond donors (Lipinski definition) is 2.